The van der Waals surface area contributed by atoms with Crippen LogP contribution in [-0.4, -0.2) is 34.3 Å². The third-order valence-electron chi connectivity index (χ3n) is 4.25. The molecule has 0 saturated carbocycles. The van der Waals surface area contributed by atoms with Crippen LogP contribution in [0.5, 0.6) is 0 Å². The Morgan fingerprint density at radius 2 is 1.64 bits per heavy atom. The monoisotopic (exact) mass is 357 g/mol. The molecule has 0 heterocycles. The molecular formula is C21H27NO2S. The van der Waals surface area contributed by atoms with Gasteiger partial charge in [0.15, 0.2) is 0 Å². The first-order chi connectivity index (χ1) is 11.9. The normalized spacial score (nSPS) is 13.5. The van der Waals surface area contributed by atoms with Crippen LogP contribution in [0.4, 0.5) is 0 Å². The van der Waals surface area contributed by atoms with Gasteiger partial charge < -0.3 is 10.0 Å². The molecule has 0 fully saturated rings. The van der Waals surface area contributed by atoms with Crippen LogP contribution in [0.15, 0.2) is 59.5 Å². The summed E-state index contributed by atoms with van der Waals surface area (Å²) in [6, 6.07) is 17.3. The van der Waals surface area contributed by atoms with Gasteiger partial charge >= 0.3 is 0 Å². The van der Waals surface area contributed by atoms with Crippen LogP contribution >= 0.6 is 11.8 Å². The summed E-state index contributed by atoms with van der Waals surface area (Å²) < 4.78 is 0. The van der Waals surface area contributed by atoms with Gasteiger partial charge in [0.25, 0.3) is 0 Å². The summed E-state index contributed by atoms with van der Waals surface area (Å²) >= 11 is 1.81. The lowest BCUT2D eigenvalue weighted by atomic mass is 10.0. The smallest absolute Gasteiger partial charge is 0.227 e. The van der Waals surface area contributed by atoms with Gasteiger partial charge in [-0.3, -0.25) is 4.79 Å². The highest BCUT2D eigenvalue weighted by molar-refractivity contribution is 7.99. The van der Waals surface area contributed by atoms with Gasteiger partial charge in [0.05, 0.1) is 18.6 Å². The van der Waals surface area contributed by atoms with Crippen molar-refractivity contribution in [2.24, 2.45) is 0 Å². The van der Waals surface area contributed by atoms with Gasteiger partial charge in [-0.1, -0.05) is 56.3 Å². The fraction of sp³-hybridized carbons (Fsp3) is 0.381. The van der Waals surface area contributed by atoms with Gasteiger partial charge in [-0.25, -0.2) is 0 Å². The molecule has 0 saturated heterocycles. The van der Waals surface area contributed by atoms with Crippen molar-refractivity contribution in [3.8, 4) is 0 Å². The van der Waals surface area contributed by atoms with Crippen molar-refractivity contribution >= 4 is 17.7 Å². The summed E-state index contributed by atoms with van der Waals surface area (Å²) in [6.45, 7) is 6.20. The van der Waals surface area contributed by atoms with Crippen molar-refractivity contribution < 1.29 is 9.90 Å². The third-order valence-corrected chi connectivity index (χ3v) is 5.27. The predicted molar refractivity (Wildman–Crippen MR) is 105 cm³/mol. The molecule has 2 aromatic rings. The van der Waals surface area contributed by atoms with E-state index in [1.807, 2.05) is 61.2 Å². The van der Waals surface area contributed by atoms with Crippen molar-refractivity contribution in [3.05, 3.63) is 65.7 Å². The number of carbonyl (C=O) groups excluding carboxylic acids is 1. The summed E-state index contributed by atoms with van der Waals surface area (Å²) in [6.07, 6.45) is -0.352. The lowest BCUT2D eigenvalue weighted by molar-refractivity contribution is -0.133. The zero-order valence-electron chi connectivity index (χ0n) is 15.3. The number of carbonyl (C=O) groups is 1. The number of amides is 1. The zero-order valence-corrected chi connectivity index (χ0v) is 16.2. The number of hydrogen-bond donors (Lipinski definition) is 1. The van der Waals surface area contributed by atoms with Crippen LogP contribution in [0.3, 0.4) is 0 Å². The van der Waals surface area contributed by atoms with E-state index >= 15 is 0 Å². The van der Waals surface area contributed by atoms with Crippen LogP contribution in [0.1, 0.15) is 38.0 Å². The second-order valence-corrected chi connectivity index (χ2v) is 8.24. The third kappa shape index (κ3) is 5.62. The minimum absolute atomic E-state index is 0.00624. The molecule has 4 heteroatoms. The Hall–Kier alpha value is -1.78. The SMILES string of the molecule is CC(C)Sc1ccc(CC(=O)N(C)[C@H](C)[C@@H](O)c2ccccc2)cc1. The first-order valence-electron chi connectivity index (χ1n) is 8.62. The van der Waals surface area contributed by atoms with Gasteiger partial charge in [0.2, 0.25) is 5.91 Å². The highest BCUT2D eigenvalue weighted by atomic mass is 32.2. The number of likely N-dealkylation sites (N-methyl/N-ethyl adjacent to an activating group) is 1. The molecule has 1 N–H and O–H groups in total. The van der Waals surface area contributed by atoms with Crippen LogP contribution < -0.4 is 0 Å². The molecule has 0 unspecified atom stereocenters. The quantitative estimate of drug-likeness (QED) is 0.751. The van der Waals surface area contributed by atoms with E-state index in [0.717, 1.165) is 11.1 Å². The van der Waals surface area contributed by atoms with Crippen molar-refractivity contribution in [1.82, 2.24) is 4.90 Å². The molecule has 0 aliphatic carbocycles. The van der Waals surface area contributed by atoms with Gasteiger partial charge in [-0.05, 0) is 30.2 Å². The van der Waals surface area contributed by atoms with E-state index in [9.17, 15) is 9.90 Å². The molecule has 134 valence electrons. The highest BCUT2D eigenvalue weighted by Gasteiger charge is 2.24. The number of benzene rings is 2. The van der Waals surface area contributed by atoms with E-state index in [1.54, 1.807) is 11.9 Å². The Kier molecular flexibility index (Phi) is 7.09. The predicted octanol–water partition coefficient (Wildman–Crippen LogP) is 4.31. The maximum absolute atomic E-state index is 12.6. The molecule has 2 aromatic carbocycles. The average Bonchev–Trinajstić information content (AvgIpc) is 2.61. The molecule has 25 heavy (non-hydrogen) atoms. The largest absolute Gasteiger partial charge is 0.386 e. The number of aliphatic hydroxyl groups excluding tert-OH is 1. The van der Waals surface area contributed by atoms with Crippen LogP contribution in [0.25, 0.3) is 0 Å². The summed E-state index contributed by atoms with van der Waals surface area (Å²) in [5.41, 5.74) is 1.82. The van der Waals surface area contributed by atoms with E-state index in [-0.39, 0.29) is 11.9 Å². The summed E-state index contributed by atoms with van der Waals surface area (Å²) in [4.78, 5) is 15.4. The Balaban J connectivity index is 1.97. The van der Waals surface area contributed by atoms with Gasteiger partial charge in [-0.15, -0.1) is 11.8 Å². The fourth-order valence-corrected chi connectivity index (χ4v) is 3.46. The maximum atomic E-state index is 12.6. The van der Waals surface area contributed by atoms with Gasteiger partial charge in [-0.2, -0.15) is 0 Å². The number of nitrogens with zero attached hydrogens (tertiary/aromatic N) is 1. The standard InChI is InChI=1S/C21H27NO2S/c1-15(2)25-19-12-10-17(11-13-19)14-20(23)22(4)16(3)21(24)18-8-6-5-7-9-18/h5-13,15-16,21,24H,14H2,1-4H3/t16-,21-/m1/s1. The molecule has 3 nitrogen and oxygen atoms in total. The Bertz CT molecular complexity index is 670. The van der Waals surface area contributed by atoms with E-state index < -0.39 is 6.10 Å². The fourth-order valence-electron chi connectivity index (χ4n) is 2.63. The van der Waals surface area contributed by atoms with E-state index in [4.69, 9.17) is 0 Å². The molecule has 0 radical (unpaired) electrons. The van der Waals surface area contributed by atoms with Crippen LogP contribution in [0, 0.1) is 0 Å². The Morgan fingerprint density at radius 1 is 1.04 bits per heavy atom. The molecule has 1 amide bonds. The molecular weight excluding hydrogens is 330 g/mol. The Labute approximate surface area is 155 Å². The maximum Gasteiger partial charge on any atom is 0.227 e. The summed E-state index contributed by atoms with van der Waals surface area (Å²) in [7, 11) is 1.75. The van der Waals surface area contributed by atoms with Crippen LogP contribution in [0.2, 0.25) is 0 Å². The highest BCUT2D eigenvalue weighted by Crippen LogP contribution is 2.24. The Morgan fingerprint density at radius 3 is 2.20 bits per heavy atom. The average molecular weight is 358 g/mol. The van der Waals surface area contributed by atoms with Gasteiger partial charge in [0.1, 0.15) is 0 Å². The molecule has 0 aliphatic rings. The lowest BCUT2D eigenvalue weighted by Crippen LogP contribution is -2.39. The number of aliphatic hydroxyl groups is 1. The number of rotatable bonds is 7. The van der Waals surface area contributed by atoms with Crippen molar-refractivity contribution in [2.75, 3.05) is 7.05 Å². The molecule has 0 bridgehead atoms. The number of thioether (sulfide) groups is 1. The van der Waals surface area contributed by atoms with Crippen molar-refractivity contribution in [1.29, 1.82) is 0 Å². The molecule has 2 atom stereocenters. The first kappa shape index (κ1) is 19.5. The molecule has 2 rings (SSSR count). The van der Waals surface area contributed by atoms with Gasteiger partial charge in [0, 0.05) is 17.2 Å². The second kappa shape index (κ2) is 9.07. The topological polar surface area (TPSA) is 40.5 Å². The minimum atomic E-state index is -0.694. The first-order valence-corrected chi connectivity index (χ1v) is 9.50. The summed E-state index contributed by atoms with van der Waals surface area (Å²) in [5, 5.41) is 11.0. The zero-order chi connectivity index (χ0) is 18.4. The lowest BCUT2D eigenvalue weighted by Gasteiger charge is -2.29. The van der Waals surface area contributed by atoms with E-state index in [1.165, 1.54) is 4.90 Å². The second-order valence-electron chi connectivity index (χ2n) is 6.59. The minimum Gasteiger partial charge on any atom is -0.386 e. The number of hydrogen-bond acceptors (Lipinski definition) is 3. The molecule has 0 spiro atoms. The van der Waals surface area contributed by atoms with E-state index in [2.05, 4.69) is 26.0 Å². The van der Waals surface area contributed by atoms with Crippen molar-refractivity contribution in [3.63, 3.8) is 0 Å². The summed E-state index contributed by atoms with van der Waals surface area (Å²) in [5.74, 6) is 0.00624. The molecule has 0 aliphatic heterocycles. The van der Waals surface area contributed by atoms with Crippen LogP contribution in [-0.2, 0) is 11.2 Å². The van der Waals surface area contributed by atoms with Crippen molar-refractivity contribution in [2.45, 2.75) is 49.5 Å². The van der Waals surface area contributed by atoms with E-state index in [0.29, 0.717) is 11.7 Å². The molecule has 0 aromatic heterocycles.